The molecule has 18 heavy (non-hydrogen) atoms. The van der Waals surface area contributed by atoms with Crippen molar-refractivity contribution in [1.29, 1.82) is 0 Å². The second kappa shape index (κ2) is 6.25. The number of thioether (sulfide) groups is 1. The third-order valence-corrected chi connectivity index (χ3v) is 4.22. The highest BCUT2D eigenvalue weighted by molar-refractivity contribution is 7.99. The number of unbranched alkanes of at least 4 members (excludes halogenated alkanes) is 1. The highest BCUT2D eigenvalue weighted by atomic mass is 32.2. The number of carbonyl (C=O) groups is 1. The molecule has 0 radical (unpaired) electrons. The molecular formula is C14H20N2OS. The first-order valence-corrected chi connectivity index (χ1v) is 7.51. The first kappa shape index (κ1) is 13.4. The van der Waals surface area contributed by atoms with Crippen LogP contribution in [0.25, 0.3) is 0 Å². The van der Waals surface area contributed by atoms with Gasteiger partial charge in [0.25, 0.3) is 0 Å². The summed E-state index contributed by atoms with van der Waals surface area (Å²) in [4.78, 5) is 15.4. The maximum atomic E-state index is 12.4. The fraction of sp³-hybridized carbons (Fsp3) is 0.500. The summed E-state index contributed by atoms with van der Waals surface area (Å²) >= 11 is 1.80. The molecule has 4 heteroatoms. The number of nitrogens with zero attached hydrogens (tertiary/aromatic N) is 1. The zero-order valence-electron chi connectivity index (χ0n) is 10.8. The summed E-state index contributed by atoms with van der Waals surface area (Å²) in [6.07, 6.45) is 2.87. The Morgan fingerprint density at radius 3 is 3.06 bits per heavy atom. The van der Waals surface area contributed by atoms with Gasteiger partial charge in [-0.15, -0.1) is 11.8 Å². The summed E-state index contributed by atoms with van der Waals surface area (Å²) < 4.78 is 0. The maximum absolute atomic E-state index is 12.4. The van der Waals surface area contributed by atoms with Crippen molar-refractivity contribution >= 4 is 23.4 Å². The van der Waals surface area contributed by atoms with Crippen molar-refractivity contribution in [3.63, 3.8) is 0 Å². The molecule has 1 aliphatic heterocycles. The van der Waals surface area contributed by atoms with Gasteiger partial charge in [0.15, 0.2) is 0 Å². The minimum absolute atomic E-state index is 0.0659. The van der Waals surface area contributed by atoms with Crippen molar-refractivity contribution in [1.82, 2.24) is 0 Å². The number of hydrogen-bond acceptors (Lipinski definition) is 3. The lowest BCUT2D eigenvalue weighted by atomic mass is 10.1. The second-order valence-corrected chi connectivity index (χ2v) is 5.69. The standard InChI is InChI=1S/C14H20N2OS/c1-2-3-6-11(15)14(17)16-9-10-18-13-8-5-4-7-12(13)16/h4-5,7-8,11H,2-3,6,9-10,15H2,1H3/t11-/m0/s1. The summed E-state index contributed by atoms with van der Waals surface area (Å²) in [6, 6.07) is 7.70. The van der Waals surface area contributed by atoms with Gasteiger partial charge in [-0.25, -0.2) is 0 Å². The van der Waals surface area contributed by atoms with Crippen LogP contribution >= 0.6 is 11.8 Å². The molecule has 1 aromatic carbocycles. The summed E-state index contributed by atoms with van der Waals surface area (Å²) in [7, 11) is 0. The largest absolute Gasteiger partial charge is 0.320 e. The Balaban J connectivity index is 2.12. The van der Waals surface area contributed by atoms with E-state index in [1.807, 2.05) is 23.1 Å². The lowest BCUT2D eigenvalue weighted by Crippen LogP contribution is -2.46. The zero-order chi connectivity index (χ0) is 13.0. The van der Waals surface area contributed by atoms with Crippen LogP contribution in [0, 0.1) is 0 Å². The Kier molecular flexibility index (Phi) is 4.66. The van der Waals surface area contributed by atoms with Gasteiger partial charge >= 0.3 is 0 Å². The topological polar surface area (TPSA) is 46.3 Å². The van der Waals surface area contributed by atoms with E-state index in [4.69, 9.17) is 5.73 Å². The van der Waals surface area contributed by atoms with Crippen LogP contribution in [0.4, 0.5) is 5.69 Å². The van der Waals surface area contributed by atoms with Crippen molar-refractivity contribution in [3.8, 4) is 0 Å². The van der Waals surface area contributed by atoms with Crippen LogP contribution in [0.1, 0.15) is 26.2 Å². The van der Waals surface area contributed by atoms with E-state index in [9.17, 15) is 4.79 Å². The molecule has 1 amide bonds. The fourth-order valence-electron chi connectivity index (χ4n) is 2.15. The molecule has 1 aliphatic rings. The quantitative estimate of drug-likeness (QED) is 0.909. The van der Waals surface area contributed by atoms with Crippen molar-refractivity contribution in [2.75, 3.05) is 17.2 Å². The van der Waals surface area contributed by atoms with Gasteiger partial charge in [0.1, 0.15) is 0 Å². The van der Waals surface area contributed by atoms with Crippen LogP contribution in [-0.4, -0.2) is 24.2 Å². The van der Waals surface area contributed by atoms with Gasteiger partial charge in [0.05, 0.1) is 11.7 Å². The number of amides is 1. The first-order valence-electron chi connectivity index (χ1n) is 6.53. The van der Waals surface area contributed by atoms with Gasteiger partial charge in [0.2, 0.25) is 5.91 Å². The van der Waals surface area contributed by atoms with Gasteiger partial charge in [-0.3, -0.25) is 4.79 Å². The average molecular weight is 264 g/mol. The molecule has 0 unspecified atom stereocenters. The second-order valence-electron chi connectivity index (χ2n) is 4.55. The summed E-state index contributed by atoms with van der Waals surface area (Å²) in [6.45, 7) is 2.88. The summed E-state index contributed by atoms with van der Waals surface area (Å²) in [5.74, 6) is 1.01. The fourth-order valence-corrected chi connectivity index (χ4v) is 3.14. The third-order valence-electron chi connectivity index (χ3n) is 3.18. The Hall–Kier alpha value is -1.00. The van der Waals surface area contributed by atoms with Crippen LogP contribution in [-0.2, 0) is 4.79 Å². The van der Waals surface area contributed by atoms with E-state index < -0.39 is 0 Å². The summed E-state index contributed by atoms with van der Waals surface area (Å²) in [5.41, 5.74) is 7.01. The normalized spacial score (nSPS) is 16.2. The molecule has 0 spiro atoms. The summed E-state index contributed by atoms with van der Waals surface area (Å²) in [5, 5.41) is 0. The third kappa shape index (κ3) is 2.87. The van der Waals surface area contributed by atoms with E-state index in [1.165, 1.54) is 4.90 Å². The highest BCUT2D eigenvalue weighted by Gasteiger charge is 2.26. The Morgan fingerprint density at radius 2 is 2.28 bits per heavy atom. The number of hydrogen-bond donors (Lipinski definition) is 1. The lowest BCUT2D eigenvalue weighted by Gasteiger charge is -2.30. The number of carbonyl (C=O) groups excluding carboxylic acids is 1. The Bertz CT molecular complexity index is 422. The molecule has 98 valence electrons. The minimum atomic E-state index is -0.360. The van der Waals surface area contributed by atoms with Gasteiger partial charge in [-0.2, -0.15) is 0 Å². The van der Waals surface area contributed by atoms with E-state index in [0.29, 0.717) is 0 Å². The van der Waals surface area contributed by atoms with Gasteiger partial charge in [-0.05, 0) is 18.6 Å². The Morgan fingerprint density at radius 1 is 1.50 bits per heavy atom. The average Bonchev–Trinajstić information content (AvgIpc) is 2.43. The molecule has 3 nitrogen and oxygen atoms in total. The van der Waals surface area contributed by atoms with Crippen molar-refractivity contribution in [3.05, 3.63) is 24.3 Å². The van der Waals surface area contributed by atoms with Crippen molar-refractivity contribution in [2.24, 2.45) is 5.73 Å². The smallest absolute Gasteiger partial charge is 0.243 e. The molecule has 0 aromatic heterocycles. The number of fused-ring (bicyclic) bond motifs is 1. The Labute approximate surface area is 113 Å². The molecule has 2 N–H and O–H groups in total. The van der Waals surface area contributed by atoms with Crippen molar-refractivity contribution < 1.29 is 4.79 Å². The van der Waals surface area contributed by atoms with E-state index in [1.54, 1.807) is 11.8 Å². The van der Waals surface area contributed by atoms with Crippen LogP contribution in [0.15, 0.2) is 29.2 Å². The molecule has 0 bridgehead atoms. The highest BCUT2D eigenvalue weighted by Crippen LogP contribution is 2.34. The van der Waals surface area contributed by atoms with Crippen LogP contribution < -0.4 is 10.6 Å². The van der Waals surface area contributed by atoms with Gasteiger partial charge in [-0.1, -0.05) is 31.9 Å². The van der Waals surface area contributed by atoms with Crippen molar-refractivity contribution in [2.45, 2.75) is 37.1 Å². The lowest BCUT2D eigenvalue weighted by molar-refractivity contribution is -0.120. The van der Waals surface area contributed by atoms with Gasteiger partial charge in [0, 0.05) is 17.2 Å². The molecule has 0 aliphatic carbocycles. The SMILES string of the molecule is CCCC[C@H](N)C(=O)N1CCSc2ccccc21. The molecule has 2 rings (SSSR count). The van der Waals surface area contributed by atoms with E-state index >= 15 is 0 Å². The predicted molar refractivity (Wildman–Crippen MR) is 77.0 cm³/mol. The van der Waals surface area contributed by atoms with Crippen LogP contribution in [0.2, 0.25) is 0 Å². The maximum Gasteiger partial charge on any atom is 0.243 e. The van der Waals surface area contributed by atoms with Crippen LogP contribution in [0.3, 0.4) is 0 Å². The zero-order valence-corrected chi connectivity index (χ0v) is 11.6. The van der Waals surface area contributed by atoms with E-state index in [-0.39, 0.29) is 11.9 Å². The predicted octanol–water partition coefficient (Wildman–Crippen LogP) is 2.64. The minimum Gasteiger partial charge on any atom is -0.320 e. The molecular weight excluding hydrogens is 244 g/mol. The number of rotatable bonds is 4. The monoisotopic (exact) mass is 264 g/mol. The molecule has 0 saturated heterocycles. The van der Waals surface area contributed by atoms with E-state index in [2.05, 4.69) is 13.0 Å². The molecule has 1 atom stereocenters. The number of benzene rings is 1. The molecule has 1 aromatic rings. The van der Waals surface area contributed by atoms with Gasteiger partial charge < -0.3 is 10.6 Å². The number of para-hydroxylation sites is 1. The van der Waals surface area contributed by atoms with E-state index in [0.717, 1.165) is 37.2 Å². The number of anilines is 1. The number of nitrogens with two attached hydrogens (primary N) is 1. The first-order chi connectivity index (χ1) is 8.74. The van der Waals surface area contributed by atoms with Crippen LogP contribution in [0.5, 0.6) is 0 Å². The molecule has 0 fully saturated rings. The molecule has 0 saturated carbocycles. The molecule has 1 heterocycles.